The molecular weight excluding hydrogens is 401 g/mol. The van der Waals surface area contributed by atoms with Gasteiger partial charge in [0.15, 0.2) is 0 Å². The lowest BCUT2D eigenvalue weighted by atomic mass is 9.93. The summed E-state index contributed by atoms with van der Waals surface area (Å²) in [7, 11) is 0. The van der Waals surface area contributed by atoms with Gasteiger partial charge in [-0.1, -0.05) is 0 Å². The van der Waals surface area contributed by atoms with Crippen LogP contribution in [0.15, 0.2) is 24.4 Å². The summed E-state index contributed by atoms with van der Waals surface area (Å²) in [6.45, 7) is 0. The molecule has 7 heteroatoms. The first-order chi connectivity index (χ1) is 9.79. The van der Waals surface area contributed by atoms with Crippen LogP contribution < -0.4 is 0 Å². The molecule has 0 radical (unpaired) electrons. The highest BCUT2D eigenvalue weighted by molar-refractivity contribution is 14.1. The maximum atomic E-state index is 13.5. The number of carbonyl (C=O) groups is 1. The third-order valence-corrected chi connectivity index (χ3v) is 4.24. The summed E-state index contributed by atoms with van der Waals surface area (Å²) in [5, 5.41) is 0. The van der Waals surface area contributed by atoms with Crippen LogP contribution in [0, 0.1) is 15.2 Å². The van der Waals surface area contributed by atoms with Crippen LogP contribution >= 0.6 is 22.6 Å². The summed E-state index contributed by atoms with van der Waals surface area (Å²) < 4.78 is 55.4. The van der Waals surface area contributed by atoms with Crippen molar-refractivity contribution in [2.24, 2.45) is 0 Å². The van der Waals surface area contributed by atoms with Crippen molar-refractivity contribution in [3.8, 4) is 5.69 Å². The molecule has 0 unspecified atom stereocenters. The van der Waals surface area contributed by atoms with Gasteiger partial charge in [0.05, 0.1) is 11.3 Å². The molecule has 1 aliphatic rings. The monoisotopic (exact) mass is 409 g/mol. The minimum Gasteiger partial charge on any atom is -0.319 e. The predicted molar refractivity (Wildman–Crippen MR) is 76.0 cm³/mol. The second kappa shape index (κ2) is 4.82. The van der Waals surface area contributed by atoms with Gasteiger partial charge in [-0.05, 0) is 41.1 Å². The van der Waals surface area contributed by atoms with Crippen LogP contribution in [-0.4, -0.2) is 16.3 Å². The maximum absolute atomic E-state index is 13.5. The maximum Gasteiger partial charge on any atom is 0.310 e. The molecule has 1 aliphatic carbocycles. The zero-order valence-electron chi connectivity index (χ0n) is 10.5. The molecule has 110 valence electrons. The van der Waals surface area contributed by atoms with Crippen LogP contribution in [0.4, 0.5) is 17.6 Å². The molecule has 21 heavy (non-hydrogen) atoms. The lowest BCUT2D eigenvalue weighted by Crippen LogP contribution is -2.34. The first kappa shape index (κ1) is 14.6. The van der Waals surface area contributed by atoms with Crippen LogP contribution in [-0.2, 0) is 6.42 Å². The Morgan fingerprint density at radius 2 is 1.76 bits per heavy atom. The summed E-state index contributed by atoms with van der Waals surface area (Å²) in [5.41, 5.74) is 0.474. The molecule has 0 atom stereocenters. The van der Waals surface area contributed by atoms with Crippen molar-refractivity contribution in [2.75, 3.05) is 0 Å². The van der Waals surface area contributed by atoms with Crippen molar-refractivity contribution in [3.63, 3.8) is 0 Å². The number of hydrogen-bond acceptors (Lipinski definition) is 1. The van der Waals surface area contributed by atoms with E-state index in [9.17, 15) is 22.4 Å². The van der Waals surface area contributed by atoms with Crippen molar-refractivity contribution in [1.29, 1.82) is 0 Å². The van der Waals surface area contributed by atoms with E-state index in [0.29, 0.717) is 9.26 Å². The Morgan fingerprint density at radius 3 is 2.38 bits per heavy atom. The molecular formula is C14H8F4INO. The van der Waals surface area contributed by atoms with Gasteiger partial charge < -0.3 is 4.57 Å². The third-order valence-electron chi connectivity index (χ3n) is 3.42. The Bertz CT molecular complexity index is 733. The number of carbonyl (C=O) groups excluding carboxylic acids is 1. The predicted octanol–water partition coefficient (Wildman–Crippen LogP) is 4.12. The molecule has 0 saturated carbocycles. The molecule has 3 rings (SSSR count). The second-order valence-electron chi connectivity index (χ2n) is 4.83. The van der Waals surface area contributed by atoms with E-state index in [2.05, 4.69) is 0 Å². The number of Topliss-reactive ketones (excluding diaryl/α,β-unsaturated/α-hetero) is 1. The Morgan fingerprint density at radius 1 is 1.14 bits per heavy atom. The number of ketones is 1. The van der Waals surface area contributed by atoms with Gasteiger partial charge in [0, 0.05) is 27.9 Å². The molecule has 0 fully saturated rings. The summed E-state index contributed by atoms with van der Waals surface area (Å²) in [6, 6.07) is 2.91. The van der Waals surface area contributed by atoms with Gasteiger partial charge in [-0.25, -0.2) is 8.78 Å². The van der Waals surface area contributed by atoms with E-state index >= 15 is 0 Å². The van der Waals surface area contributed by atoms with Crippen LogP contribution in [0.5, 0.6) is 0 Å². The van der Waals surface area contributed by atoms with Crippen molar-refractivity contribution < 1.29 is 22.4 Å². The highest BCUT2D eigenvalue weighted by Gasteiger charge is 2.45. The highest BCUT2D eigenvalue weighted by Crippen LogP contribution is 2.37. The molecule has 1 aromatic carbocycles. The number of hydrogen-bond donors (Lipinski definition) is 0. The summed E-state index contributed by atoms with van der Waals surface area (Å²) in [4.78, 5) is 11.8. The van der Waals surface area contributed by atoms with Crippen LogP contribution in [0.2, 0.25) is 0 Å². The molecule has 0 bridgehead atoms. The minimum atomic E-state index is -3.38. The second-order valence-corrected chi connectivity index (χ2v) is 5.99. The standard InChI is InChI=1S/C14H8F4INO/c15-7-3-8(16)5-9(4-7)20-6-10(19)12-11(20)1-2-14(17,18)13(12)21/h3-6H,1-2H2. The Balaban J connectivity index is 2.20. The number of fused-ring (bicyclic) bond motifs is 1. The summed E-state index contributed by atoms with van der Waals surface area (Å²) in [5.74, 6) is -6.15. The van der Waals surface area contributed by atoms with Crippen LogP contribution in [0.1, 0.15) is 22.5 Å². The number of benzene rings is 1. The normalized spacial score (nSPS) is 16.9. The molecule has 1 aromatic heterocycles. The van der Waals surface area contributed by atoms with Gasteiger partial charge in [-0.2, -0.15) is 8.78 Å². The first-order valence-corrected chi connectivity index (χ1v) is 7.16. The van der Waals surface area contributed by atoms with E-state index in [4.69, 9.17) is 0 Å². The molecule has 0 aliphatic heterocycles. The number of rotatable bonds is 1. The van der Waals surface area contributed by atoms with Crippen LogP contribution in [0.25, 0.3) is 5.69 Å². The molecule has 2 nitrogen and oxygen atoms in total. The van der Waals surface area contributed by atoms with Crippen molar-refractivity contribution in [1.82, 2.24) is 4.57 Å². The Labute approximate surface area is 130 Å². The number of halogens is 5. The summed E-state index contributed by atoms with van der Waals surface area (Å²) in [6.07, 6.45) is 0.810. The summed E-state index contributed by atoms with van der Waals surface area (Å²) >= 11 is 1.78. The van der Waals surface area contributed by atoms with E-state index in [1.54, 1.807) is 22.6 Å². The van der Waals surface area contributed by atoms with E-state index in [1.165, 1.54) is 10.8 Å². The quantitative estimate of drug-likeness (QED) is 0.513. The molecule has 0 spiro atoms. The van der Waals surface area contributed by atoms with Gasteiger partial charge in [0.2, 0.25) is 5.78 Å². The Kier molecular flexibility index (Phi) is 3.34. The van der Waals surface area contributed by atoms with E-state index in [0.717, 1.165) is 18.2 Å². The molecule has 2 aromatic rings. The SMILES string of the molecule is O=C1c2c(I)cn(-c3cc(F)cc(F)c3)c2CCC1(F)F. The van der Waals surface area contributed by atoms with Gasteiger partial charge in [-0.3, -0.25) is 4.79 Å². The molecule has 0 saturated heterocycles. The zero-order chi connectivity index (χ0) is 15.4. The van der Waals surface area contributed by atoms with Crippen molar-refractivity contribution in [2.45, 2.75) is 18.8 Å². The smallest absolute Gasteiger partial charge is 0.310 e. The van der Waals surface area contributed by atoms with Gasteiger partial charge >= 0.3 is 5.92 Å². The van der Waals surface area contributed by atoms with Gasteiger partial charge in [0.1, 0.15) is 11.6 Å². The first-order valence-electron chi connectivity index (χ1n) is 6.08. The molecule has 0 N–H and O–H groups in total. The molecule has 0 amide bonds. The lowest BCUT2D eigenvalue weighted by molar-refractivity contribution is 0.00165. The fourth-order valence-corrected chi connectivity index (χ4v) is 3.31. The average Bonchev–Trinajstić information content (AvgIpc) is 2.71. The topological polar surface area (TPSA) is 22.0 Å². The fraction of sp³-hybridized carbons (Fsp3) is 0.214. The third kappa shape index (κ3) is 2.37. The zero-order valence-corrected chi connectivity index (χ0v) is 12.6. The van der Waals surface area contributed by atoms with Crippen molar-refractivity contribution in [3.05, 3.63) is 50.9 Å². The van der Waals surface area contributed by atoms with E-state index in [1.807, 2.05) is 0 Å². The van der Waals surface area contributed by atoms with Crippen LogP contribution in [0.3, 0.4) is 0 Å². The van der Waals surface area contributed by atoms with E-state index < -0.39 is 29.8 Å². The number of aromatic nitrogens is 1. The largest absolute Gasteiger partial charge is 0.319 e. The lowest BCUT2D eigenvalue weighted by Gasteiger charge is -2.22. The minimum absolute atomic E-state index is 0.0325. The van der Waals surface area contributed by atoms with E-state index in [-0.39, 0.29) is 17.7 Å². The fourth-order valence-electron chi connectivity index (χ4n) is 2.48. The van der Waals surface area contributed by atoms with Gasteiger partial charge in [0.25, 0.3) is 0 Å². The highest BCUT2D eigenvalue weighted by atomic mass is 127. The Hall–Kier alpha value is -1.38. The molecule has 1 heterocycles. The average molecular weight is 409 g/mol. The van der Waals surface area contributed by atoms with Crippen molar-refractivity contribution >= 4 is 28.4 Å². The number of alkyl halides is 2. The van der Waals surface area contributed by atoms with Gasteiger partial charge in [-0.15, -0.1) is 0 Å². The number of nitrogens with zero attached hydrogens (tertiary/aromatic N) is 1.